The number of esters is 1. The van der Waals surface area contributed by atoms with Crippen LogP contribution >= 0.6 is 35.0 Å². The number of halogens is 4. The van der Waals surface area contributed by atoms with Crippen LogP contribution in [-0.2, 0) is 26.0 Å². The fourth-order valence-corrected chi connectivity index (χ4v) is 6.99. The third-order valence-corrected chi connectivity index (χ3v) is 9.46. The number of aromatic nitrogens is 1. The quantitative estimate of drug-likeness (QED) is 0.190. The summed E-state index contributed by atoms with van der Waals surface area (Å²) in [5.41, 5.74) is 0.606. The molecule has 2 heterocycles. The Morgan fingerprint density at radius 3 is 2.56 bits per heavy atom. The van der Waals surface area contributed by atoms with E-state index in [4.69, 9.17) is 32.7 Å². The van der Waals surface area contributed by atoms with Crippen molar-refractivity contribution >= 4 is 51.0 Å². The number of thioether (sulfide) groups is 1. The number of pyridine rings is 1. The van der Waals surface area contributed by atoms with Gasteiger partial charge >= 0.3 is 12.6 Å². The van der Waals surface area contributed by atoms with E-state index in [1.807, 2.05) is 0 Å². The third-order valence-electron chi connectivity index (χ3n) is 6.02. The Balaban J connectivity index is 1.69. The highest BCUT2D eigenvalue weighted by Gasteiger charge is 2.40. The lowest BCUT2D eigenvalue weighted by Crippen LogP contribution is -2.39. The van der Waals surface area contributed by atoms with Gasteiger partial charge in [0, 0.05) is 29.7 Å². The van der Waals surface area contributed by atoms with Crippen LogP contribution in [0.3, 0.4) is 0 Å². The fraction of sp³-hybridized carbons (Fsp3) is 0.417. The number of rotatable bonds is 12. The fourth-order valence-electron chi connectivity index (χ4n) is 3.86. The molecule has 1 saturated carbocycles. The van der Waals surface area contributed by atoms with Crippen molar-refractivity contribution in [2.75, 3.05) is 18.9 Å². The normalized spacial score (nSPS) is 18.6. The molecule has 2 fully saturated rings. The molecule has 0 unspecified atom stereocenters. The van der Waals surface area contributed by atoms with Gasteiger partial charge in [0.05, 0.1) is 6.61 Å². The van der Waals surface area contributed by atoms with Gasteiger partial charge in [-0.1, -0.05) is 35.8 Å². The summed E-state index contributed by atoms with van der Waals surface area (Å²) in [5.74, 6) is -0.370. The van der Waals surface area contributed by atoms with Crippen molar-refractivity contribution in [1.29, 1.82) is 0 Å². The molecule has 1 aromatic heterocycles. The molecular formula is C24H24Cl2F2N2O7S2. The lowest BCUT2D eigenvalue weighted by atomic mass is 10.0. The molecule has 0 N–H and O–H groups in total. The summed E-state index contributed by atoms with van der Waals surface area (Å²) in [6.45, 7) is 0.593. The number of ether oxygens (including phenoxy) is 3. The van der Waals surface area contributed by atoms with Gasteiger partial charge in [-0.05, 0) is 36.5 Å². The number of alkyl halides is 2. The van der Waals surface area contributed by atoms with E-state index in [0.717, 1.165) is 46.7 Å². The summed E-state index contributed by atoms with van der Waals surface area (Å²) >= 11 is 13.6. The Morgan fingerprint density at radius 2 is 1.95 bits per heavy atom. The molecule has 15 heteroatoms. The second-order valence-electron chi connectivity index (χ2n) is 8.81. The zero-order valence-corrected chi connectivity index (χ0v) is 23.4. The highest BCUT2D eigenvalue weighted by atomic mass is 35.5. The predicted octanol–water partition coefficient (Wildman–Crippen LogP) is 4.69. The van der Waals surface area contributed by atoms with Crippen molar-refractivity contribution in [3.05, 3.63) is 69.0 Å². The smallest absolute Gasteiger partial charge is 0.387 e. The van der Waals surface area contributed by atoms with E-state index >= 15 is 0 Å². The Morgan fingerprint density at radius 1 is 1.26 bits per heavy atom. The number of sulfonamides is 1. The second kappa shape index (κ2) is 12.5. The molecule has 9 nitrogen and oxygen atoms in total. The molecule has 0 radical (unpaired) electrons. The van der Waals surface area contributed by atoms with E-state index in [2.05, 4.69) is 11.3 Å². The van der Waals surface area contributed by atoms with Gasteiger partial charge in [-0.3, -0.25) is 0 Å². The molecule has 0 amide bonds. The molecule has 1 saturated heterocycles. The number of hydrogen-bond donors (Lipinski definition) is 0. The molecule has 1 aromatic carbocycles. The van der Waals surface area contributed by atoms with E-state index in [1.54, 1.807) is 0 Å². The maximum Gasteiger partial charge on any atom is 0.387 e. The monoisotopic (exact) mass is 624 g/mol. The molecule has 39 heavy (non-hydrogen) atoms. The van der Waals surface area contributed by atoms with Gasteiger partial charge in [0.2, 0.25) is 10.0 Å². The maximum atomic E-state index is 13.3. The van der Waals surface area contributed by atoms with E-state index in [0.29, 0.717) is 28.6 Å². The first-order valence-corrected chi connectivity index (χ1v) is 15.0. The Labute approximate surface area is 238 Å². The van der Waals surface area contributed by atoms with Crippen LogP contribution in [0, 0.1) is 11.1 Å². The molecule has 2 aromatic rings. The molecule has 2 atom stereocenters. The van der Waals surface area contributed by atoms with Crippen LogP contribution in [0.1, 0.15) is 30.1 Å². The van der Waals surface area contributed by atoms with Crippen molar-refractivity contribution in [1.82, 2.24) is 4.31 Å². The summed E-state index contributed by atoms with van der Waals surface area (Å²) in [5, 5.41) is 11.3. The molecule has 1 aliphatic carbocycles. The van der Waals surface area contributed by atoms with E-state index in [9.17, 15) is 27.2 Å². The van der Waals surface area contributed by atoms with Crippen LogP contribution in [0.4, 0.5) is 8.78 Å². The van der Waals surface area contributed by atoms with E-state index in [-0.39, 0.29) is 40.1 Å². The largest absolute Gasteiger partial charge is 0.619 e. The molecule has 2 aliphatic rings. The lowest BCUT2D eigenvalue weighted by molar-refractivity contribution is -0.605. The minimum Gasteiger partial charge on any atom is -0.619 e. The summed E-state index contributed by atoms with van der Waals surface area (Å²) in [7, 11) is -3.91. The first kappa shape index (κ1) is 29.7. The molecule has 0 bridgehead atoms. The second-order valence-corrected chi connectivity index (χ2v) is 12.6. The van der Waals surface area contributed by atoms with Gasteiger partial charge in [-0.25, -0.2) is 13.2 Å². The topological polar surface area (TPSA) is 109 Å². The zero-order chi connectivity index (χ0) is 28.3. The summed E-state index contributed by atoms with van der Waals surface area (Å²) in [6, 6.07) is 4.10. The van der Waals surface area contributed by atoms with Crippen LogP contribution < -0.4 is 14.2 Å². The summed E-state index contributed by atoms with van der Waals surface area (Å²) in [6.07, 6.45) is 2.84. The number of carbonyl (C=O) groups is 1. The predicted molar refractivity (Wildman–Crippen MR) is 141 cm³/mol. The Hall–Kier alpha value is -2.32. The van der Waals surface area contributed by atoms with Crippen molar-refractivity contribution < 1.29 is 40.9 Å². The number of benzene rings is 1. The first-order valence-electron chi connectivity index (χ1n) is 11.7. The number of hydrogen-bond acceptors (Lipinski definition) is 8. The van der Waals surface area contributed by atoms with Gasteiger partial charge in [0.15, 0.2) is 29.3 Å². The standard InChI is InChI=1S/C24H24Cl2F2N2O7S2/c1-2-39(33,34)30-7-8-38-22(30)23(31)36-20(10-16-17(25)11-29(32)12-18(16)26)15-5-6-19(37-24(27)28)21(9-15)35-13-14-3-4-14/h2,5-6,9,11-12,14,20,22,24H,1,3-4,7-8,10,13H2/t20-,22-/m0/s1. The number of carbonyl (C=O) groups excluding carboxylic acids is 1. The SMILES string of the molecule is C=CS(=O)(=O)N1CCS[C@H]1C(=O)O[C@@H](Cc1c(Cl)c[n+]([O-])cc1Cl)c1ccc(OC(F)F)c(OCC2CC2)c1. The Kier molecular flexibility index (Phi) is 9.48. The average molecular weight is 625 g/mol. The van der Waals surface area contributed by atoms with Gasteiger partial charge in [-0.15, -0.1) is 11.8 Å². The lowest BCUT2D eigenvalue weighted by Gasteiger charge is -2.25. The van der Waals surface area contributed by atoms with Gasteiger partial charge in [-0.2, -0.15) is 17.8 Å². The minimum absolute atomic E-state index is 0.00696. The average Bonchev–Trinajstić information content (AvgIpc) is 3.56. The molecule has 4 rings (SSSR count). The summed E-state index contributed by atoms with van der Waals surface area (Å²) < 4.78 is 68.4. The third kappa shape index (κ3) is 7.46. The molecule has 0 spiro atoms. The van der Waals surface area contributed by atoms with Crippen LogP contribution in [-0.4, -0.2) is 49.6 Å². The zero-order valence-electron chi connectivity index (χ0n) is 20.3. The number of nitrogens with zero attached hydrogens (tertiary/aromatic N) is 2. The summed E-state index contributed by atoms with van der Waals surface area (Å²) in [4.78, 5) is 13.3. The molecule has 212 valence electrons. The van der Waals surface area contributed by atoms with Crippen LogP contribution in [0.2, 0.25) is 10.0 Å². The van der Waals surface area contributed by atoms with Crippen molar-refractivity contribution in [3.63, 3.8) is 0 Å². The molecular weight excluding hydrogens is 601 g/mol. The highest BCUT2D eigenvalue weighted by Crippen LogP contribution is 2.39. The van der Waals surface area contributed by atoms with E-state index < -0.39 is 34.1 Å². The first-order chi connectivity index (χ1) is 18.5. The van der Waals surface area contributed by atoms with Crippen LogP contribution in [0.15, 0.2) is 42.6 Å². The van der Waals surface area contributed by atoms with Crippen LogP contribution in [0.25, 0.3) is 0 Å². The van der Waals surface area contributed by atoms with E-state index in [1.165, 1.54) is 18.2 Å². The highest BCUT2D eigenvalue weighted by molar-refractivity contribution is 8.02. The van der Waals surface area contributed by atoms with Crippen molar-refractivity contribution in [2.24, 2.45) is 5.92 Å². The van der Waals surface area contributed by atoms with Crippen LogP contribution in [0.5, 0.6) is 11.5 Å². The molecule has 1 aliphatic heterocycles. The van der Waals surface area contributed by atoms with Gasteiger partial charge in [0.25, 0.3) is 0 Å². The van der Waals surface area contributed by atoms with Crippen molar-refractivity contribution in [2.45, 2.75) is 37.4 Å². The van der Waals surface area contributed by atoms with Gasteiger partial charge in [0.1, 0.15) is 16.1 Å². The van der Waals surface area contributed by atoms with Crippen molar-refractivity contribution in [3.8, 4) is 11.5 Å². The Bertz CT molecular complexity index is 1320. The maximum absolute atomic E-state index is 13.3. The minimum atomic E-state index is -3.91. The van der Waals surface area contributed by atoms with Gasteiger partial charge < -0.3 is 19.4 Å².